The minimum atomic E-state index is -0.471. The molecule has 0 bridgehead atoms. The first kappa shape index (κ1) is 17.6. The molecule has 1 heterocycles. The van der Waals surface area contributed by atoms with Crippen LogP contribution < -0.4 is 5.32 Å². The average Bonchev–Trinajstić information content (AvgIpc) is 2.92. The molecule has 2 rings (SSSR count). The van der Waals surface area contributed by atoms with Gasteiger partial charge < -0.3 is 10.4 Å². The van der Waals surface area contributed by atoms with Crippen molar-refractivity contribution in [2.75, 3.05) is 11.9 Å². The Balaban J connectivity index is 2.32. The molecule has 1 aromatic heterocycles. The summed E-state index contributed by atoms with van der Waals surface area (Å²) in [4.78, 5) is 11.6. The highest BCUT2D eigenvalue weighted by Gasteiger charge is 2.20. The second kappa shape index (κ2) is 7.70. The van der Waals surface area contributed by atoms with E-state index in [1.807, 2.05) is 13.8 Å². The molecule has 0 saturated carbocycles. The third-order valence-corrected chi connectivity index (χ3v) is 4.22. The van der Waals surface area contributed by atoms with E-state index in [-0.39, 0.29) is 24.2 Å². The standard InChI is InChI=1S/C16H19BrFN3O2/c1-10(2)15-14(20-16(23)13(17)7-8-22)9-19-21(15)12-5-3-11(18)4-6-12/h3-6,9-10,13,22H,7-8H2,1-2H3,(H,20,23). The fraction of sp³-hybridized carbons (Fsp3) is 0.375. The average molecular weight is 384 g/mol. The molecule has 0 spiro atoms. The summed E-state index contributed by atoms with van der Waals surface area (Å²) in [5.74, 6) is -0.448. The quantitative estimate of drug-likeness (QED) is 0.752. The minimum Gasteiger partial charge on any atom is -0.396 e. The molecule has 0 aliphatic heterocycles. The van der Waals surface area contributed by atoms with Gasteiger partial charge in [0.2, 0.25) is 5.91 Å². The maximum atomic E-state index is 13.1. The molecule has 1 unspecified atom stereocenters. The number of carbonyl (C=O) groups excluding carboxylic acids is 1. The first-order valence-corrected chi connectivity index (χ1v) is 8.25. The molecule has 1 aromatic carbocycles. The number of rotatable bonds is 6. The Morgan fingerprint density at radius 1 is 1.39 bits per heavy atom. The molecule has 7 heteroatoms. The fourth-order valence-electron chi connectivity index (χ4n) is 2.25. The van der Waals surface area contributed by atoms with Gasteiger partial charge >= 0.3 is 0 Å². The lowest BCUT2D eigenvalue weighted by Gasteiger charge is -2.14. The number of aromatic nitrogens is 2. The normalized spacial score (nSPS) is 12.4. The van der Waals surface area contributed by atoms with Crippen LogP contribution in [-0.2, 0) is 4.79 Å². The van der Waals surface area contributed by atoms with Gasteiger partial charge in [-0.15, -0.1) is 0 Å². The van der Waals surface area contributed by atoms with Crippen LogP contribution >= 0.6 is 15.9 Å². The van der Waals surface area contributed by atoms with Crippen molar-refractivity contribution in [3.63, 3.8) is 0 Å². The Morgan fingerprint density at radius 2 is 2.04 bits per heavy atom. The van der Waals surface area contributed by atoms with Gasteiger partial charge in [0, 0.05) is 6.61 Å². The van der Waals surface area contributed by atoms with E-state index in [0.29, 0.717) is 12.1 Å². The highest BCUT2D eigenvalue weighted by atomic mass is 79.9. The number of hydrogen-bond acceptors (Lipinski definition) is 3. The second-order valence-electron chi connectivity index (χ2n) is 5.46. The molecule has 2 N–H and O–H groups in total. The number of aliphatic hydroxyl groups is 1. The van der Waals surface area contributed by atoms with E-state index in [1.165, 1.54) is 12.1 Å². The molecule has 23 heavy (non-hydrogen) atoms. The van der Waals surface area contributed by atoms with E-state index in [0.717, 1.165) is 11.4 Å². The zero-order valence-electron chi connectivity index (χ0n) is 13.0. The van der Waals surface area contributed by atoms with Crippen molar-refractivity contribution < 1.29 is 14.3 Å². The maximum Gasteiger partial charge on any atom is 0.238 e. The zero-order valence-corrected chi connectivity index (χ0v) is 14.5. The fourth-order valence-corrected chi connectivity index (χ4v) is 2.57. The summed E-state index contributed by atoms with van der Waals surface area (Å²) < 4.78 is 14.8. The summed E-state index contributed by atoms with van der Waals surface area (Å²) in [6.07, 6.45) is 1.91. The number of anilines is 1. The summed E-state index contributed by atoms with van der Waals surface area (Å²) >= 11 is 3.24. The number of hydrogen-bond donors (Lipinski definition) is 2. The summed E-state index contributed by atoms with van der Waals surface area (Å²) in [6.45, 7) is 3.91. The number of halogens is 2. The van der Waals surface area contributed by atoms with Gasteiger partial charge in [0.15, 0.2) is 0 Å². The maximum absolute atomic E-state index is 13.1. The van der Waals surface area contributed by atoms with Crippen LogP contribution in [0.25, 0.3) is 5.69 Å². The van der Waals surface area contributed by atoms with Gasteiger partial charge in [-0.2, -0.15) is 5.10 Å². The Labute approximate surface area is 142 Å². The van der Waals surface area contributed by atoms with Crippen molar-refractivity contribution in [3.8, 4) is 5.69 Å². The predicted molar refractivity (Wildman–Crippen MR) is 90.7 cm³/mol. The van der Waals surface area contributed by atoms with Crippen molar-refractivity contribution in [2.24, 2.45) is 0 Å². The molecule has 124 valence electrons. The van der Waals surface area contributed by atoms with Crippen LogP contribution in [0.5, 0.6) is 0 Å². The third-order valence-electron chi connectivity index (χ3n) is 3.35. The first-order valence-electron chi connectivity index (χ1n) is 7.33. The largest absolute Gasteiger partial charge is 0.396 e. The van der Waals surface area contributed by atoms with E-state index < -0.39 is 4.83 Å². The molecule has 5 nitrogen and oxygen atoms in total. The van der Waals surface area contributed by atoms with Gasteiger partial charge in [-0.3, -0.25) is 4.79 Å². The van der Waals surface area contributed by atoms with Crippen molar-refractivity contribution in [1.82, 2.24) is 9.78 Å². The molecule has 0 saturated heterocycles. The number of nitrogens with one attached hydrogen (secondary N) is 1. The SMILES string of the molecule is CC(C)c1c(NC(=O)C(Br)CCO)cnn1-c1ccc(F)cc1. The van der Waals surface area contributed by atoms with E-state index in [9.17, 15) is 9.18 Å². The number of amides is 1. The monoisotopic (exact) mass is 383 g/mol. The van der Waals surface area contributed by atoms with Crippen molar-refractivity contribution in [1.29, 1.82) is 0 Å². The molecule has 1 atom stereocenters. The molecular formula is C16H19BrFN3O2. The van der Waals surface area contributed by atoms with Crippen LogP contribution in [0.15, 0.2) is 30.5 Å². The lowest BCUT2D eigenvalue weighted by atomic mass is 10.1. The number of aliphatic hydroxyl groups excluding tert-OH is 1. The van der Waals surface area contributed by atoms with E-state index >= 15 is 0 Å². The Hall–Kier alpha value is -1.73. The molecule has 1 amide bonds. The van der Waals surface area contributed by atoms with E-state index in [1.54, 1.807) is 23.0 Å². The van der Waals surface area contributed by atoms with Gasteiger partial charge in [0.1, 0.15) is 5.82 Å². The molecule has 0 fully saturated rings. The first-order chi connectivity index (χ1) is 10.9. The van der Waals surface area contributed by atoms with Crippen LogP contribution in [0.1, 0.15) is 31.9 Å². The van der Waals surface area contributed by atoms with E-state index in [4.69, 9.17) is 5.11 Å². The molecule has 0 radical (unpaired) electrons. The van der Waals surface area contributed by atoms with Crippen LogP contribution in [0.2, 0.25) is 0 Å². The minimum absolute atomic E-state index is 0.0742. The summed E-state index contributed by atoms with van der Waals surface area (Å²) in [6, 6.07) is 6.02. The summed E-state index contributed by atoms with van der Waals surface area (Å²) in [7, 11) is 0. The van der Waals surface area contributed by atoms with Gasteiger partial charge in [-0.05, 0) is 36.6 Å². The van der Waals surface area contributed by atoms with Gasteiger partial charge in [0.05, 0.1) is 28.1 Å². The molecular weight excluding hydrogens is 365 g/mol. The smallest absolute Gasteiger partial charge is 0.238 e. The Bertz CT molecular complexity index is 670. The number of alkyl halides is 1. The van der Waals surface area contributed by atoms with Crippen LogP contribution in [-0.4, -0.2) is 32.2 Å². The zero-order chi connectivity index (χ0) is 17.0. The van der Waals surface area contributed by atoms with Crippen LogP contribution in [0.3, 0.4) is 0 Å². The lowest BCUT2D eigenvalue weighted by molar-refractivity contribution is -0.115. The van der Waals surface area contributed by atoms with Gasteiger partial charge in [-0.25, -0.2) is 9.07 Å². The number of carbonyl (C=O) groups is 1. The summed E-state index contributed by atoms with van der Waals surface area (Å²) in [5.41, 5.74) is 2.16. The Kier molecular flexibility index (Phi) is 5.90. The third kappa shape index (κ3) is 4.17. The lowest BCUT2D eigenvalue weighted by Crippen LogP contribution is -2.24. The topological polar surface area (TPSA) is 67.2 Å². The van der Waals surface area contributed by atoms with Gasteiger partial charge in [-0.1, -0.05) is 29.8 Å². The molecule has 0 aliphatic carbocycles. The van der Waals surface area contributed by atoms with Crippen LogP contribution in [0, 0.1) is 5.82 Å². The second-order valence-corrected chi connectivity index (χ2v) is 6.56. The van der Waals surface area contributed by atoms with Crippen molar-refractivity contribution in [3.05, 3.63) is 42.0 Å². The summed E-state index contributed by atoms with van der Waals surface area (Å²) in [5, 5.41) is 16.0. The predicted octanol–water partition coefficient (Wildman–Crippen LogP) is 3.22. The highest BCUT2D eigenvalue weighted by molar-refractivity contribution is 9.10. The Morgan fingerprint density at radius 3 is 2.61 bits per heavy atom. The molecule has 2 aromatic rings. The number of benzene rings is 1. The number of nitrogens with zero attached hydrogens (tertiary/aromatic N) is 2. The van der Waals surface area contributed by atoms with Crippen LogP contribution in [0.4, 0.5) is 10.1 Å². The highest BCUT2D eigenvalue weighted by Crippen LogP contribution is 2.27. The van der Waals surface area contributed by atoms with Crippen molar-refractivity contribution in [2.45, 2.75) is 31.0 Å². The van der Waals surface area contributed by atoms with Crippen molar-refractivity contribution >= 4 is 27.5 Å². The molecule has 0 aliphatic rings. The van der Waals surface area contributed by atoms with Gasteiger partial charge in [0.25, 0.3) is 0 Å². The van der Waals surface area contributed by atoms with E-state index in [2.05, 4.69) is 26.3 Å².